The smallest absolute Gasteiger partial charge is 0.131 e. The SMILES string of the molecule is Cc1cc(Oc2cc(Cl)ccc2C)ccc1CO. The first kappa shape index (κ1) is 12.9. The Balaban J connectivity index is 2.28. The van der Waals surface area contributed by atoms with Gasteiger partial charge in [0.15, 0.2) is 0 Å². The predicted molar refractivity (Wildman–Crippen MR) is 73.4 cm³/mol. The Kier molecular flexibility index (Phi) is 3.90. The number of hydrogen-bond donors (Lipinski definition) is 1. The number of aryl methyl sites for hydroxylation is 2. The van der Waals surface area contributed by atoms with Crippen LogP contribution < -0.4 is 4.74 Å². The highest BCUT2D eigenvalue weighted by atomic mass is 35.5. The molecule has 0 spiro atoms. The average Bonchev–Trinajstić information content (AvgIpc) is 2.34. The summed E-state index contributed by atoms with van der Waals surface area (Å²) in [6, 6.07) is 11.2. The second kappa shape index (κ2) is 5.42. The topological polar surface area (TPSA) is 29.5 Å². The quantitative estimate of drug-likeness (QED) is 0.896. The third kappa shape index (κ3) is 2.84. The zero-order chi connectivity index (χ0) is 13.1. The molecule has 0 saturated heterocycles. The zero-order valence-electron chi connectivity index (χ0n) is 10.4. The number of rotatable bonds is 3. The Hall–Kier alpha value is -1.51. The lowest BCUT2D eigenvalue weighted by Crippen LogP contribution is -1.92. The van der Waals surface area contributed by atoms with Gasteiger partial charge in [-0.3, -0.25) is 0 Å². The van der Waals surface area contributed by atoms with Crippen LogP contribution in [0.1, 0.15) is 16.7 Å². The first-order valence-electron chi connectivity index (χ1n) is 5.74. The summed E-state index contributed by atoms with van der Waals surface area (Å²) in [5.41, 5.74) is 2.95. The molecule has 2 aromatic rings. The van der Waals surface area contributed by atoms with E-state index in [0.29, 0.717) is 5.02 Å². The first-order chi connectivity index (χ1) is 8.60. The summed E-state index contributed by atoms with van der Waals surface area (Å²) in [5.74, 6) is 1.49. The minimum Gasteiger partial charge on any atom is -0.457 e. The average molecular weight is 263 g/mol. The van der Waals surface area contributed by atoms with Gasteiger partial charge < -0.3 is 9.84 Å². The molecule has 0 amide bonds. The minimum absolute atomic E-state index is 0.0440. The highest BCUT2D eigenvalue weighted by Gasteiger charge is 2.04. The molecule has 18 heavy (non-hydrogen) atoms. The molecule has 0 saturated carbocycles. The number of aliphatic hydroxyl groups excluding tert-OH is 1. The second-order valence-electron chi connectivity index (χ2n) is 4.26. The standard InChI is InChI=1S/C15H15ClO2/c1-10-3-5-13(16)8-15(10)18-14-6-4-12(9-17)11(2)7-14/h3-8,17H,9H2,1-2H3. The maximum absolute atomic E-state index is 9.12. The van der Waals surface area contributed by atoms with Crippen molar-refractivity contribution in [1.29, 1.82) is 0 Å². The van der Waals surface area contributed by atoms with Crippen LogP contribution in [0.25, 0.3) is 0 Å². The van der Waals surface area contributed by atoms with E-state index in [-0.39, 0.29) is 6.61 Å². The van der Waals surface area contributed by atoms with Crippen molar-refractivity contribution in [3.05, 3.63) is 58.1 Å². The van der Waals surface area contributed by atoms with Crippen molar-refractivity contribution in [3.63, 3.8) is 0 Å². The van der Waals surface area contributed by atoms with Crippen LogP contribution in [0, 0.1) is 13.8 Å². The molecule has 3 heteroatoms. The number of aliphatic hydroxyl groups is 1. The maximum Gasteiger partial charge on any atom is 0.131 e. The molecule has 0 radical (unpaired) electrons. The summed E-state index contributed by atoms with van der Waals surface area (Å²) < 4.78 is 5.80. The van der Waals surface area contributed by atoms with E-state index in [1.165, 1.54) is 0 Å². The zero-order valence-corrected chi connectivity index (χ0v) is 11.2. The fourth-order valence-corrected chi connectivity index (χ4v) is 1.88. The van der Waals surface area contributed by atoms with Crippen molar-refractivity contribution in [1.82, 2.24) is 0 Å². The molecule has 0 aliphatic rings. The third-order valence-electron chi connectivity index (χ3n) is 2.86. The molecule has 0 aromatic heterocycles. The van der Waals surface area contributed by atoms with E-state index in [1.807, 2.05) is 44.2 Å². The maximum atomic E-state index is 9.12. The van der Waals surface area contributed by atoms with Crippen LogP contribution in [-0.2, 0) is 6.61 Å². The van der Waals surface area contributed by atoms with E-state index < -0.39 is 0 Å². The summed E-state index contributed by atoms with van der Waals surface area (Å²) in [6.45, 7) is 3.96. The van der Waals surface area contributed by atoms with Gasteiger partial charge in [-0.15, -0.1) is 0 Å². The van der Waals surface area contributed by atoms with Gasteiger partial charge in [-0.1, -0.05) is 23.7 Å². The van der Waals surface area contributed by atoms with Gasteiger partial charge in [0.05, 0.1) is 6.61 Å². The van der Waals surface area contributed by atoms with E-state index in [1.54, 1.807) is 6.07 Å². The monoisotopic (exact) mass is 262 g/mol. The Morgan fingerprint density at radius 3 is 2.50 bits per heavy atom. The Morgan fingerprint density at radius 2 is 1.83 bits per heavy atom. The molecule has 0 bridgehead atoms. The van der Waals surface area contributed by atoms with Crippen molar-refractivity contribution >= 4 is 11.6 Å². The van der Waals surface area contributed by atoms with Crippen molar-refractivity contribution in [3.8, 4) is 11.5 Å². The Labute approximate surface area is 112 Å². The normalized spacial score (nSPS) is 10.4. The van der Waals surface area contributed by atoms with Crippen LogP contribution >= 0.6 is 11.6 Å². The van der Waals surface area contributed by atoms with E-state index in [2.05, 4.69) is 0 Å². The molecule has 2 nitrogen and oxygen atoms in total. The summed E-state index contributed by atoms with van der Waals surface area (Å²) in [6.07, 6.45) is 0. The first-order valence-corrected chi connectivity index (χ1v) is 6.12. The second-order valence-corrected chi connectivity index (χ2v) is 4.69. The van der Waals surface area contributed by atoms with Gasteiger partial charge in [0.2, 0.25) is 0 Å². The van der Waals surface area contributed by atoms with E-state index in [4.69, 9.17) is 21.4 Å². The van der Waals surface area contributed by atoms with Crippen LogP contribution in [-0.4, -0.2) is 5.11 Å². The summed E-state index contributed by atoms with van der Waals surface area (Å²) in [4.78, 5) is 0. The highest BCUT2D eigenvalue weighted by molar-refractivity contribution is 6.30. The molecule has 2 aromatic carbocycles. The summed E-state index contributed by atoms with van der Waals surface area (Å²) in [5, 5.41) is 9.77. The molecule has 0 unspecified atom stereocenters. The predicted octanol–water partition coefficient (Wildman–Crippen LogP) is 4.24. The van der Waals surface area contributed by atoms with E-state index >= 15 is 0 Å². The van der Waals surface area contributed by atoms with Crippen molar-refractivity contribution < 1.29 is 9.84 Å². The number of ether oxygens (including phenoxy) is 1. The van der Waals surface area contributed by atoms with Crippen LogP contribution in [0.3, 0.4) is 0 Å². The van der Waals surface area contributed by atoms with Crippen LogP contribution in [0.2, 0.25) is 5.02 Å². The molecule has 0 aliphatic heterocycles. The van der Waals surface area contributed by atoms with Gasteiger partial charge in [0, 0.05) is 5.02 Å². The minimum atomic E-state index is 0.0440. The molecule has 2 rings (SSSR count). The van der Waals surface area contributed by atoms with Gasteiger partial charge in [-0.25, -0.2) is 0 Å². The fraction of sp³-hybridized carbons (Fsp3) is 0.200. The van der Waals surface area contributed by atoms with Crippen LogP contribution in [0.15, 0.2) is 36.4 Å². The molecule has 0 aliphatic carbocycles. The number of halogens is 1. The van der Waals surface area contributed by atoms with E-state index in [9.17, 15) is 0 Å². The van der Waals surface area contributed by atoms with Crippen LogP contribution in [0.5, 0.6) is 11.5 Å². The van der Waals surface area contributed by atoms with Crippen molar-refractivity contribution in [2.24, 2.45) is 0 Å². The Bertz CT molecular complexity index is 564. The number of benzene rings is 2. The molecule has 0 atom stereocenters. The molecule has 0 fully saturated rings. The molecular formula is C15H15ClO2. The highest BCUT2D eigenvalue weighted by Crippen LogP contribution is 2.29. The largest absolute Gasteiger partial charge is 0.457 e. The van der Waals surface area contributed by atoms with Crippen LogP contribution in [0.4, 0.5) is 0 Å². The van der Waals surface area contributed by atoms with Gasteiger partial charge in [-0.05, 0) is 54.8 Å². The van der Waals surface area contributed by atoms with Gasteiger partial charge in [-0.2, -0.15) is 0 Å². The molecular weight excluding hydrogens is 248 g/mol. The van der Waals surface area contributed by atoms with Gasteiger partial charge >= 0.3 is 0 Å². The number of hydrogen-bond acceptors (Lipinski definition) is 2. The van der Waals surface area contributed by atoms with Crippen molar-refractivity contribution in [2.45, 2.75) is 20.5 Å². The lowest BCUT2D eigenvalue weighted by molar-refractivity contribution is 0.281. The molecule has 1 N–H and O–H groups in total. The van der Waals surface area contributed by atoms with E-state index in [0.717, 1.165) is 28.2 Å². The van der Waals surface area contributed by atoms with Gasteiger partial charge in [0.1, 0.15) is 11.5 Å². The van der Waals surface area contributed by atoms with Crippen molar-refractivity contribution in [2.75, 3.05) is 0 Å². The summed E-state index contributed by atoms with van der Waals surface area (Å²) in [7, 11) is 0. The summed E-state index contributed by atoms with van der Waals surface area (Å²) >= 11 is 5.95. The lowest BCUT2D eigenvalue weighted by atomic mass is 10.1. The Morgan fingerprint density at radius 1 is 1.06 bits per heavy atom. The van der Waals surface area contributed by atoms with Gasteiger partial charge in [0.25, 0.3) is 0 Å². The lowest BCUT2D eigenvalue weighted by Gasteiger charge is -2.11. The molecule has 94 valence electrons. The molecule has 0 heterocycles. The third-order valence-corrected chi connectivity index (χ3v) is 3.10. The fourth-order valence-electron chi connectivity index (χ4n) is 1.72.